The summed E-state index contributed by atoms with van der Waals surface area (Å²) in [6.45, 7) is 1.27. The van der Waals surface area contributed by atoms with Gasteiger partial charge in [-0.25, -0.2) is 9.18 Å². The van der Waals surface area contributed by atoms with Crippen molar-refractivity contribution in [3.8, 4) is 11.3 Å². The van der Waals surface area contributed by atoms with Gasteiger partial charge < -0.3 is 14.9 Å². The predicted octanol–water partition coefficient (Wildman–Crippen LogP) is -1.52. The third-order valence-electron chi connectivity index (χ3n) is 3.06. The Balaban J connectivity index is 2.56. The Kier molecular flexibility index (Phi) is 4.15. The fourth-order valence-corrected chi connectivity index (χ4v) is 2.20. The van der Waals surface area contributed by atoms with Crippen LogP contribution in [0, 0.1) is 11.3 Å². The van der Waals surface area contributed by atoms with Gasteiger partial charge in [0, 0.05) is 5.38 Å². The number of hydrogen-bond acceptors (Lipinski definition) is 6. The molecule has 1 unspecified atom stereocenters. The van der Waals surface area contributed by atoms with Gasteiger partial charge in [0.15, 0.2) is 0 Å². The molecule has 1 saturated heterocycles. The second-order valence-corrected chi connectivity index (χ2v) is 4.70. The van der Waals surface area contributed by atoms with E-state index < -0.39 is 41.5 Å². The zero-order valence-electron chi connectivity index (χ0n) is 10.7. The van der Waals surface area contributed by atoms with Crippen molar-refractivity contribution in [2.24, 2.45) is 0 Å². The van der Waals surface area contributed by atoms with E-state index in [1.54, 1.807) is 5.38 Å². The Morgan fingerprint density at radius 2 is 2.33 bits per heavy atom. The topological polar surface area (TPSA) is 117 Å². The maximum absolute atomic E-state index is 14.9. The van der Waals surface area contributed by atoms with Crippen molar-refractivity contribution >= 4 is 11.6 Å². The molecule has 8 nitrogen and oxygen atoms in total. The minimum absolute atomic E-state index is 0.480. The molecule has 0 amide bonds. The number of halogens is 2. The first-order chi connectivity index (χ1) is 9.81. The molecule has 0 saturated carbocycles. The SMILES string of the molecule is C[C@H](O)[C@H]1O[C@@H](n2ncc(=O)[nH]c2=O)C(F)(C#CCl)[C@H]1O. The Morgan fingerprint density at radius 1 is 1.67 bits per heavy atom. The monoisotopic (exact) mass is 319 g/mol. The minimum atomic E-state index is -2.78. The van der Waals surface area contributed by atoms with Gasteiger partial charge >= 0.3 is 5.69 Å². The number of aromatic amines is 1. The number of hydrogen-bond donors (Lipinski definition) is 3. The molecule has 5 atom stereocenters. The van der Waals surface area contributed by atoms with Crippen LogP contribution in [-0.2, 0) is 4.74 Å². The summed E-state index contributed by atoms with van der Waals surface area (Å²) in [7, 11) is 0. The van der Waals surface area contributed by atoms with Gasteiger partial charge in [0.05, 0.1) is 6.10 Å². The number of nitrogens with zero attached hydrogens (tertiary/aromatic N) is 2. The van der Waals surface area contributed by atoms with Crippen molar-refractivity contribution in [1.82, 2.24) is 14.8 Å². The molecule has 10 heteroatoms. The van der Waals surface area contributed by atoms with Crippen molar-refractivity contribution in [2.75, 3.05) is 0 Å². The first-order valence-electron chi connectivity index (χ1n) is 5.82. The number of ether oxygens (including phenoxy) is 1. The average molecular weight is 320 g/mol. The van der Waals surface area contributed by atoms with Crippen molar-refractivity contribution < 1.29 is 19.3 Å². The maximum Gasteiger partial charge on any atom is 0.347 e. The summed E-state index contributed by atoms with van der Waals surface area (Å²) in [4.78, 5) is 24.5. The molecule has 0 spiro atoms. The number of alkyl halides is 1. The van der Waals surface area contributed by atoms with Crippen LogP contribution >= 0.6 is 11.6 Å². The second kappa shape index (κ2) is 5.57. The number of aliphatic hydroxyl groups excluding tert-OH is 2. The van der Waals surface area contributed by atoms with E-state index in [0.717, 1.165) is 6.20 Å². The van der Waals surface area contributed by atoms with E-state index >= 15 is 0 Å². The molecule has 1 aromatic heterocycles. The van der Waals surface area contributed by atoms with Crippen LogP contribution in [0.5, 0.6) is 0 Å². The number of H-pyrrole nitrogens is 1. The standard InChI is InChI=1S/C11H11ClFN3O5/c1-5(17)7-8(19)11(13,2-3-12)9(21-7)16-10(20)15-6(18)4-14-16/h4-5,7-9,17,19H,1H3,(H,15,18,20)/t5-,7+,8-,9+,11?/m0/s1. The van der Waals surface area contributed by atoms with E-state index in [0.29, 0.717) is 4.68 Å². The highest BCUT2D eigenvalue weighted by Crippen LogP contribution is 2.41. The molecule has 0 radical (unpaired) electrons. The second-order valence-electron chi connectivity index (χ2n) is 4.51. The summed E-state index contributed by atoms with van der Waals surface area (Å²) >= 11 is 5.19. The highest BCUT2D eigenvalue weighted by atomic mass is 35.5. The van der Waals surface area contributed by atoms with E-state index in [2.05, 4.69) is 5.10 Å². The Hall–Kier alpha value is -1.73. The van der Waals surface area contributed by atoms with Crippen LogP contribution in [0.4, 0.5) is 4.39 Å². The maximum atomic E-state index is 14.9. The van der Waals surface area contributed by atoms with Crippen LogP contribution in [-0.4, -0.2) is 49.0 Å². The fourth-order valence-electron chi connectivity index (χ4n) is 2.06. The summed E-state index contributed by atoms with van der Waals surface area (Å²) in [6, 6.07) is 0. The van der Waals surface area contributed by atoms with Crippen LogP contribution in [0.25, 0.3) is 0 Å². The van der Waals surface area contributed by atoms with Crippen LogP contribution in [0.15, 0.2) is 15.8 Å². The molecule has 1 aromatic rings. The van der Waals surface area contributed by atoms with Gasteiger partial charge in [-0.05, 0) is 24.4 Å². The van der Waals surface area contributed by atoms with Gasteiger partial charge in [0.25, 0.3) is 5.56 Å². The van der Waals surface area contributed by atoms with E-state index in [1.807, 2.05) is 10.9 Å². The number of rotatable bonds is 2. The lowest BCUT2D eigenvalue weighted by atomic mass is 9.95. The van der Waals surface area contributed by atoms with Gasteiger partial charge in [0.1, 0.15) is 18.4 Å². The number of aliphatic hydroxyl groups is 2. The first-order valence-corrected chi connectivity index (χ1v) is 6.20. The lowest BCUT2D eigenvalue weighted by Gasteiger charge is -2.22. The zero-order chi connectivity index (χ0) is 15.8. The predicted molar refractivity (Wildman–Crippen MR) is 68.2 cm³/mol. The van der Waals surface area contributed by atoms with Gasteiger partial charge in [-0.3, -0.25) is 9.78 Å². The third-order valence-corrected chi connectivity index (χ3v) is 3.16. The molecule has 1 fully saturated rings. The zero-order valence-corrected chi connectivity index (χ0v) is 11.4. The Labute approximate surface area is 122 Å². The largest absolute Gasteiger partial charge is 0.391 e. The third kappa shape index (κ3) is 2.58. The van der Waals surface area contributed by atoms with E-state index in [4.69, 9.17) is 16.3 Å². The number of aromatic nitrogens is 3. The summed E-state index contributed by atoms with van der Waals surface area (Å²) in [5.74, 6) is 1.92. The highest BCUT2D eigenvalue weighted by Gasteiger charge is 2.59. The van der Waals surface area contributed by atoms with Crippen molar-refractivity contribution in [3.63, 3.8) is 0 Å². The molecular weight excluding hydrogens is 309 g/mol. The van der Waals surface area contributed by atoms with Crippen molar-refractivity contribution in [2.45, 2.75) is 37.1 Å². The summed E-state index contributed by atoms with van der Waals surface area (Å²) in [6.07, 6.45) is -5.49. The van der Waals surface area contributed by atoms with E-state index in [-0.39, 0.29) is 0 Å². The van der Waals surface area contributed by atoms with Gasteiger partial charge in [0.2, 0.25) is 11.9 Å². The smallest absolute Gasteiger partial charge is 0.347 e. The van der Waals surface area contributed by atoms with Crippen molar-refractivity contribution in [3.05, 3.63) is 27.0 Å². The van der Waals surface area contributed by atoms with Crippen molar-refractivity contribution in [1.29, 1.82) is 0 Å². The Bertz CT molecular complexity index is 708. The molecule has 0 aromatic carbocycles. The quantitative estimate of drug-likeness (QED) is 0.570. The lowest BCUT2D eigenvalue weighted by Crippen LogP contribution is -2.46. The van der Waals surface area contributed by atoms with Crippen LogP contribution in [0.3, 0.4) is 0 Å². The molecule has 2 heterocycles. The van der Waals surface area contributed by atoms with E-state index in [9.17, 15) is 24.2 Å². The molecule has 114 valence electrons. The first kappa shape index (κ1) is 15.7. The number of nitrogens with one attached hydrogen (secondary N) is 1. The summed E-state index contributed by atoms with van der Waals surface area (Å²) < 4.78 is 20.5. The van der Waals surface area contributed by atoms with Gasteiger partial charge in [-0.15, -0.1) is 0 Å². The molecule has 0 bridgehead atoms. The van der Waals surface area contributed by atoms with Gasteiger partial charge in [-0.1, -0.05) is 0 Å². The summed E-state index contributed by atoms with van der Waals surface area (Å²) in [5.41, 5.74) is -4.61. The molecule has 2 rings (SSSR count). The van der Waals surface area contributed by atoms with E-state index in [1.165, 1.54) is 6.92 Å². The molecular formula is C11H11ClFN3O5. The normalized spacial score (nSPS) is 33.3. The molecule has 21 heavy (non-hydrogen) atoms. The van der Waals surface area contributed by atoms with Gasteiger partial charge in [-0.2, -0.15) is 9.78 Å². The molecule has 0 aliphatic carbocycles. The average Bonchev–Trinajstić information content (AvgIpc) is 2.64. The van der Waals surface area contributed by atoms with Crippen LogP contribution in [0.2, 0.25) is 0 Å². The summed E-state index contributed by atoms with van der Waals surface area (Å²) in [5, 5.41) is 24.7. The Morgan fingerprint density at radius 3 is 2.86 bits per heavy atom. The minimum Gasteiger partial charge on any atom is -0.391 e. The molecule has 3 N–H and O–H groups in total. The van der Waals surface area contributed by atoms with Crippen LogP contribution < -0.4 is 11.2 Å². The highest BCUT2D eigenvalue weighted by molar-refractivity contribution is 6.30. The van der Waals surface area contributed by atoms with Crippen LogP contribution in [0.1, 0.15) is 13.2 Å². The lowest BCUT2D eigenvalue weighted by molar-refractivity contribution is -0.0850. The fraction of sp³-hybridized carbons (Fsp3) is 0.545. The molecule has 1 aliphatic heterocycles. The molecule has 1 aliphatic rings.